The number of benzene rings is 2. The maximum atomic E-state index is 4.43. The van der Waals surface area contributed by atoms with Gasteiger partial charge in [0, 0.05) is 37.5 Å². The lowest BCUT2D eigenvalue weighted by molar-refractivity contribution is 0.734. The van der Waals surface area contributed by atoms with Crippen LogP contribution in [0.4, 0.5) is 5.69 Å². The van der Waals surface area contributed by atoms with E-state index in [-0.39, 0.29) is 0 Å². The van der Waals surface area contributed by atoms with Crippen molar-refractivity contribution in [1.82, 2.24) is 15.1 Å². The molecule has 0 radical (unpaired) electrons. The fraction of sp³-hybridized carbons (Fsp3) is 0.176. The third kappa shape index (κ3) is 1.79. The highest BCUT2D eigenvalue weighted by molar-refractivity contribution is 5.88. The van der Waals surface area contributed by atoms with Crippen molar-refractivity contribution in [3.63, 3.8) is 0 Å². The van der Waals surface area contributed by atoms with Crippen LogP contribution in [0.15, 0.2) is 48.5 Å². The molecule has 0 aliphatic carbocycles. The van der Waals surface area contributed by atoms with Crippen molar-refractivity contribution in [2.45, 2.75) is 6.54 Å². The van der Waals surface area contributed by atoms with Gasteiger partial charge in [-0.15, -0.1) is 5.10 Å². The number of fused-ring (bicyclic) bond motifs is 5. The molecular formula is C17H17N5. The maximum absolute atomic E-state index is 4.43. The lowest BCUT2D eigenvalue weighted by Crippen LogP contribution is -2.20. The van der Waals surface area contributed by atoms with Crippen molar-refractivity contribution in [3.8, 4) is 22.5 Å². The minimum atomic E-state index is 0.846. The fourth-order valence-corrected chi connectivity index (χ4v) is 3.10. The zero-order valence-electron chi connectivity index (χ0n) is 12.6. The molecule has 0 saturated heterocycles. The van der Waals surface area contributed by atoms with Crippen LogP contribution in [-0.2, 0) is 6.54 Å². The zero-order chi connectivity index (χ0) is 15.1. The first-order valence-electron chi connectivity index (χ1n) is 7.32. The number of aromatic nitrogens is 3. The minimum absolute atomic E-state index is 0.846. The fourth-order valence-electron chi connectivity index (χ4n) is 3.10. The summed E-state index contributed by atoms with van der Waals surface area (Å²) in [5, 5.41) is 8.69. The van der Waals surface area contributed by atoms with Crippen LogP contribution in [0.25, 0.3) is 22.5 Å². The normalized spacial score (nSPS) is 12.7. The van der Waals surface area contributed by atoms with Crippen LogP contribution in [0, 0.1) is 0 Å². The monoisotopic (exact) mass is 291 g/mol. The molecule has 110 valence electrons. The van der Waals surface area contributed by atoms with Gasteiger partial charge in [0.2, 0.25) is 0 Å². The molecule has 5 nitrogen and oxygen atoms in total. The Labute approximate surface area is 129 Å². The van der Waals surface area contributed by atoms with Crippen molar-refractivity contribution < 1.29 is 0 Å². The molecule has 0 spiro atoms. The highest BCUT2D eigenvalue weighted by Gasteiger charge is 2.24. The van der Waals surface area contributed by atoms with Gasteiger partial charge >= 0.3 is 0 Å². The van der Waals surface area contributed by atoms with Crippen molar-refractivity contribution in [1.29, 1.82) is 0 Å². The Balaban J connectivity index is 2.10. The van der Waals surface area contributed by atoms with Crippen LogP contribution in [0.5, 0.6) is 0 Å². The Morgan fingerprint density at radius 1 is 1.00 bits per heavy atom. The minimum Gasteiger partial charge on any atom is -0.370 e. The molecule has 3 aromatic rings. The first kappa shape index (κ1) is 12.9. The lowest BCUT2D eigenvalue weighted by atomic mass is 9.96. The van der Waals surface area contributed by atoms with E-state index < -0.39 is 0 Å². The Hall–Kier alpha value is -2.82. The van der Waals surface area contributed by atoms with E-state index in [0.29, 0.717) is 0 Å². The van der Waals surface area contributed by atoms with Gasteiger partial charge in [-0.05, 0) is 16.8 Å². The Bertz CT molecular complexity index is 837. The molecular weight excluding hydrogens is 274 g/mol. The van der Waals surface area contributed by atoms with E-state index >= 15 is 0 Å². The van der Waals surface area contributed by atoms with Gasteiger partial charge < -0.3 is 10.3 Å². The van der Waals surface area contributed by atoms with Gasteiger partial charge in [-0.25, -0.2) is 0 Å². The van der Waals surface area contributed by atoms with E-state index in [1.54, 1.807) is 4.79 Å². The van der Waals surface area contributed by atoms with Crippen molar-refractivity contribution in [3.05, 3.63) is 54.1 Å². The molecule has 1 N–H and O–H groups in total. The summed E-state index contributed by atoms with van der Waals surface area (Å²) >= 11 is 0. The number of hydrogen-bond acceptors (Lipinski definition) is 4. The molecule has 0 amide bonds. The number of anilines is 1. The maximum Gasteiger partial charge on any atom is 0.123 e. The molecule has 4 rings (SSSR count). The van der Waals surface area contributed by atoms with Gasteiger partial charge in [-0.1, -0.05) is 42.5 Å². The number of nitrogens with one attached hydrogen (secondary N) is 1. The number of para-hydroxylation sites is 1. The molecule has 2 heterocycles. The highest BCUT2D eigenvalue weighted by atomic mass is 15.6. The first-order valence-corrected chi connectivity index (χ1v) is 7.32. The number of nitrogens with zero attached hydrogens (tertiary/aromatic N) is 4. The van der Waals surface area contributed by atoms with Crippen LogP contribution in [0.1, 0.15) is 5.56 Å². The van der Waals surface area contributed by atoms with Gasteiger partial charge in [0.05, 0.1) is 0 Å². The first-order chi connectivity index (χ1) is 10.8. The Kier molecular flexibility index (Phi) is 2.85. The van der Waals surface area contributed by atoms with E-state index in [2.05, 4.69) is 76.2 Å². The average Bonchev–Trinajstić information content (AvgIpc) is 2.97. The third-order valence-electron chi connectivity index (χ3n) is 4.13. The van der Waals surface area contributed by atoms with Crippen LogP contribution in [0.3, 0.4) is 0 Å². The summed E-state index contributed by atoms with van der Waals surface area (Å²) in [4.78, 5) is 4.01. The van der Waals surface area contributed by atoms with Crippen LogP contribution < -0.4 is 10.3 Å². The number of rotatable bonds is 1. The SMILES string of the molecule is CNn1nnc2c1-c1ccccc1N(C)Cc1ccccc1-2. The predicted octanol–water partition coefficient (Wildman–Crippen LogP) is 2.74. The molecule has 5 heteroatoms. The molecule has 1 aliphatic rings. The van der Waals surface area contributed by atoms with Crippen molar-refractivity contribution in [2.24, 2.45) is 0 Å². The quantitative estimate of drug-likeness (QED) is 0.749. The van der Waals surface area contributed by atoms with E-state index in [1.165, 1.54) is 11.3 Å². The summed E-state index contributed by atoms with van der Waals surface area (Å²) in [5.41, 5.74) is 9.72. The lowest BCUT2D eigenvalue weighted by Gasteiger charge is -2.26. The van der Waals surface area contributed by atoms with Gasteiger partial charge in [0.15, 0.2) is 0 Å². The largest absolute Gasteiger partial charge is 0.370 e. The van der Waals surface area contributed by atoms with Crippen LogP contribution in [-0.4, -0.2) is 29.2 Å². The van der Waals surface area contributed by atoms with Crippen molar-refractivity contribution >= 4 is 5.69 Å². The molecule has 1 aliphatic heterocycles. The van der Waals surface area contributed by atoms with Crippen LogP contribution >= 0.6 is 0 Å². The molecule has 0 atom stereocenters. The summed E-state index contributed by atoms with van der Waals surface area (Å²) in [6.07, 6.45) is 0. The average molecular weight is 291 g/mol. The molecule has 22 heavy (non-hydrogen) atoms. The molecule has 0 unspecified atom stereocenters. The van der Waals surface area contributed by atoms with Gasteiger partial charge in [-0.3, -0.25) is 0 Å². The van der Waals surface area contributed by atoms with Gasteiger partial charge in [0.1, 0.15) is 11.4 Å². The summed E-state index contributed by atoms with van der Waals surface area (Å²) in [5.74, 6) is 0. The molecule has 0 saturated carbocycles. The molecule has 1 aromatic heterocycles. The second-order valence-electron chi connectivity index (χ2n) is 5.45. The third-order valence-corrected chi connectivity index (χ3v) is 4.13. The van der Waals surface area contributed by atoms with E-state index in [1.807, 2.05) is 7.05 Å². The summed E-state index contributed by atoms with van der Waals surface area (Å²) in [7, 11) is 3.97. The van der Waals surface area contributed by atoms with Gasteiger partial charge in [0.25, 0.3) is 0 Å². The smallest absolute Gasteiger partial charge is 0.123 e. The predicted molar refractivity (Wildman–Crippen MR) is 88.3 cm³/mol. The van der Waals surface area contributed by atoms with Crippen LogP contribution in [0.2, 0.25) is 0 Å². The Morgan fingerprint density at radius 2 is 1.73 bits per heavy atom. The number of hydrogen-bond donors (Lipinski definition) is 1. The molecule has 2 aromatic carbocycles. The zero-order valence-corrected chi connectivity index (χ0v) is 12.6. The van der Waals surface area contributed by atoms with E-state index in [4.69, 9.17) is 0 Å². The topological polar surface area (TPSA) is 46.0 Å². The Morgan fingerprint density at radius 3 is 2.55 bits per heavy atom. The van der Waals surface area contributed by atoms with E-state index in [0.717, 1.165) is 29.1 Å². The highest BCUT2D eigenvalue weighted by Crippen LogP contribution is 2.39. The summed E-state index contributed by atoms with van der Waals surface area (Å²) in [6, 6.07) is 16.8. The molecule has 0 bridgehead atoms. The summed E-state index contributed by atoms with van der Waals surface area (Å²) in [6.45, 7) is 0.846. The summed E-state index contributed by atoms with van der Waals surface area (Å²) < 4.78 is 0. The second kappa shape index (κ2) is 4.87. The molecule has 0 fully saturated rings. The second-order valence-corrected chi connectivity index (χ2v) is 5.45. The standard InChI is InChI=1S/C17H17N5/c1-18-22-17-14-9-5-6-10-15(14)21(2)11-12-7-3-4-8-13(12)16(17)19-20-22/h3-10,18H,11H2,1-2H3. The van der Waals surface area contributed by atoms with Crippen molar-refractivity contribution in [2.75, 3.05) is 24.4 Å². The van der Waals surface area contributed by atoms with Gasteiger partial charge in [-0.2, -0.15) is 4.79 Å². The van der Waals surface area contributed by atoms with E-state index in [9.17, 15) is 0 Å².